The Bertz CT molecular complexity index is 906. The van der Waals surface area contributed by atoms with Crippen molar-refractivity contribution >= 4 is 40.3 Å². The number of carbonyl (C=O) groups excluding carboxylic acids is 1. The van der Waals surface area contributed by atoms with Crippen LogP contribution in [0.25, 0.3) is 6.08 Å². The lowest BCUT2D eigenvalue weighted by Gasteiger charge is -2.11. The Hall–Kier alpha value is -2.31. The SMILES string of the molecule is Cc1cccc(OCCCOc2ccc(C=C3SC(=S)N(C)C3=O)cc2)c1C. The van der Waals surface area contributed by atoms with E-state index in [9.17, 15) is 4.79 Å². The van der Waals surface area contributed by atoms with E-state index >= 15 is 0 Å². The van der Waals surface area contributed by atoms with Crippen molar-refractivity contribution in [1.29, 1.82) is 0 Å². The lowest BCUT2D eigenvalue weighted by atomic mass is 10.1. The first kappa shape index (κ1) is 20.4. The molecule has 0 unspecified atom stereocenters. The summed E-state index contributed by atoms with van der Waals surface area (Å²) in [6.07, 6.45) is 2.65. The first-order valence-corrected chi connectivity index (χ1v) is 10.3. The molecule has 1 aliphatic rings. The number of thiocarbonyl (C=S) groups is 1. The highest BCUT2D eigenvalue weighted by atomic mass is 32.2. The van der Waals surface area contributed by atoms with Crippen molar-refractivity contribution in [3.8, 4) is 11.5 Å². The molecule has 4 nitrogen and oxygen atoms in total. The highest BCUT2D eigenvalue weighted by Crippen LogP contribution is 2.31. The zero-order valence-corrected chi connectivity index (χ0v) is 17.9. The van der Waals surface area contributed by atoms with Crippen molar-refractivity contribution in [2.24, 2.45) is 0 Å². The lowest BCUT2D eigenvalue weighted by molar-refractivity contribution is -0.121. The minimum atomic E-state index is -0.0563. The predicted octanol–water partition coefficient (Wildman–Crippen LogP) is 4.98. The Morgan fingerprint density at radius 1 is 1.07 bits per heavy atom. The van der Waals surface area contributed by atoms with Gasteiger partial charge in [0.05, 0.1) is 18.1 Å². The summed E-state index contributed by atoms with van der Waals surface area (Å²) in [6.45, 7) is 5.35. The molecule has 0 aliphatic carbocycles. The normalized spacial score (nSPS) is 15.4. The van der Waals surface area contributed by atoms with Crippen LogP contribution in [-0.2, 0) is 4.79 Å². The maximum atomic E-state index is 12.0. The van der Waals surface area contributed by atoms with Crippen LogP contribution in [0.2, 0.25) is 0 Å². The van der Waals surface area contributed by atoms with E-state index in [1.165, 1.54) is 27.8 Å². The molecule has 0 aromatic heterocycles. The highest BCUT2D eigenvalue weighted by Gasteiger charge is 2.28. The highest BCUT2D eigenvalue weighted by molar-refractivity contribution is 8.26. The van der Waals surface area contributed by atoms with E-state index in [0.29, 0.717) is 22.4 Å². The average Bonchev–Trinajstić information content (AvgIpc) is 2.93. The number of rotatable bonds is 7. The molecular weight excluding hydrogens is 390 g/mol. The predicted molar refractivity (Wildman–Crippen MR) is 119 cm³/mol. The van der Waals surface area contributed by atoms with Gasteiger partial charge in [0.15, 0.2) is 0 Å². The fourth-order valence-corrected chi connectivity index (χ4v) is 3.85. The Kier molecular flexibility index (Phi) is 6.75. The van der Waals surface area contributed by atoms with Crippen LogP contribution in [0.1, 0.15) is 23.1 Å². The first-order valence-electron chi connectivity index (χ1n) is 9.09. The number of thioether (sulfide) groups is 1. The monoisotopic (exact) mass is 413 g/mol. The van der Waals surface area contributed by atoms with Gasteiger partial charge in [-0.2, -0.15) is 0 Å². The van der Waals surface area contributed by atoms with Crippen LogP contribution in [-0.4, -0.2) is 35.4 Å². The number of ether oxygens (including phenoxy) is 2. The van der Waals surface area contributed by atoms with Crippen molar-refractivity contribution < 1.29 is 14.3 Å². The van der Waals surface area contributed by atoms with Crippen LogP contribution in [0.15, 0.2) is 47.4 Å². The summed E-state index contributed by atoms with van der Waals surface area (Å²) in [5.41, 5.74) is 3.36. The molecule has 3 rings (SSSR count). The van der Waals surface area contributed by atoms with Crippen LogP contribution < -0.4 is 9.47 Å². The number of hydrogen-bond donors (Lipinski definition) is 0. The summed E-state index contributed by atoms with van der Waals surface area (Å²) in [5, 5.41) is 0. The average molecular weight is 414 g/mol. The zero-order chi connectivity index (χ0) is 20.1. The van der Waals surface area contributed by atoms with Gasteiger partial charge in [-0.3, -0.25) is 9.69 Å². The Morgan fingerprint density at radius 3 is 2.46 bits per heavy atom. The van der Waals surface area contributed by atoms with Gasteiger partial charge in [-0.15, -0.1) is 0 Å². The summed E-state index contributed by atoms with van der Waals surface area (Å²) >= 11 is 6.47. The maximum absolute atomic E-state index is 12.0. The van der Waals surface area contributed by atoms with E-state index in [4.69, 9.17) is 21.7 Å². The Labute approximate surface area is 175 Å². The van der Waals surface area contributed by atoms with Gasteiger partial charge in [-0.25, -0.2) is 0 Å². The summed E-state index contributed by atoms with van der Waals surface area (Å²) in [4.78, 5) is 14.2. The summed E-state index contributed by atoms with van der Waals surface area (Å²) in [6, 6.07) is 13.8. The number of amides is 1. The molecule has 6 heteroatoms. The topological polar surface area (TPSA) is 38.8 Å². The Morgan fingerprint density at radius 2 is 1.79 bits per heavy atom. The minimum absolute atomic E-state index is 0.0563. The number of likely N-dealkylation sites (N-methyl/N-ethyl adjacent to an activating group) is 1. The van der Waals surface area contributed by atoms with Crippen LogP contribution >= 0.6 is 24.0 Å². The summed E-state index contributed by atoms with van der Waals surface area (Å²) < 4.78 is 12.2. The summed E-state index contributed by atoms with van der Waals surface area (Å²) in [7, 11) is 1.69. The molecule has 0 bridgehead atoms. The smallest absolute Gasteiger partial charge is 0.265 e. The Balaban J connectivity index is 1.45. The molecule has 0 atom stereocenters. The quantitative estimate of drug-likeness (QED) is 0.364. The lowest BCUT2D eigenvalue weighted by Crippen LogP contribution is -2.22. The van der Waals surface area contributed by atoms with E-state index in [1.54, 1.807) is 7.05 Å². The number of nitrogens with zero attached hydrogens (tertiary/aromatic N) is 1. The molecule has 0 radical (unpaired) electrons. The van der Waals surface area contributed by atoms with Gasteiger partial charge in [-0.1, -0.05) is 48.2 Å². The largest absolute Gasteiger partial charge is 0.493 e. The van der Waals surface area contributed by atoms with Crippen molar-refractivity contribution in [2.45, 2.75) is 20.3 Å². The molecule has 1 heterocycles. The van der Waals surface area contributed by atoms with Gasteiger partial charge in [0, 0.05) is 13.5 Å². The third kappa shape index (κ3) is 4.94. The van der Waals surface area contributed by atoms with E-state index in [-0.39, 0.29) is 5.91 Å². The third-order valence-electron chi connectivity index (χ3n) is 4.53. The van der Waals surface area contributed by atoms with Gasteiger partial charge in [0.25, 0.3) is 5.91 Å². The van der Waals surface area contributed by atoms with Crippen molar-refractivity contribution in [3.63, 3.8) is 0 Å². The van der Waals surface area contributed by atoms with Gasteiger partial charge >= 0.3 is 0 Å². The van der Waals surface area contributed by atoms with E-state index in [2.05, 4.69) is 19.9 Å². The second-order valence-corrected chi connectivity index (χ2v) is 8.23. The number of carbonyl (C=O) groups is 1. The van der Waals surface area contributed by atoms with Gasteiger partial charge in [-0.05, 0) is 54.8 Å². The van der Waals surface area contributed by atoms with Crippen LogP contribution in [0.4, 0.5) is 0 Å². The molecule has 2 aromatic carbocycles. The van der Waals surface area contributed by atoms with Crippen LogP contribution in [0.5, 0.6) is 11.5 Å². The molecule has 28 heavy (non-hydrogen) atoms. The van der Waals surface area contributed by atoms with Crippen LogP contribution in [0.3, 0.4) is 0 Å². The molecule has 1 amide bonds. The minimum Gasteiger partial charge on any atom is -0.493 e. The second-order valence-electron chi connectivity index (χ2n) is 6.56. The van der Waals surface area contributed by atoms with Crippen molar-refractivity contribution in [3.05, 3.63) is 64.1 Å². The maximum Gasteiger partial charge on any atom is 0.265 e. The fourth-order valence-electron chi connectivity index (χ4n) is 2.67. The number of aryl methyl sites for hydroxylation is 1. The molecule has 146 valence electrons. The zero-order valence-electron chi connectivity index (χ0n) is 16.2. The van der Waals surface area contributed by atoms with Gasteiger partial charge in [0.2, 0.25) is 0 Å². The number of hydrogen-bond acceptors (Lipinski definition) is 5. The van der Waals surface area contributed by atoms with Crippen LogP contribution in [0, 0.1) is 13.8 Å². The van der Waals surface area contributed by atoms with E-state index < -0.39 is 0 Å². The van der Waals surface area contributed by atoms with E-state index in [1.807, 2.05) is 42.5 Å². The second kappa shape index (κ2) is 9.26. The van der Waals surface area contributed by atoms with Crippen molar-refractivity contribution in [1.82, 2.24) is 4.90 Å². The molecule has 1 aliphatic heterocycles. The van der Waals surface area contributed by atoms with E-state index in [0.717, 1.165) is 23.5 Å². The molecular formula is C22H23NO3S2. The van der Waals surface area contributed by atoms with Gasteiger partial charge in [0.1, 0.15) is 15.8 Å². The molecule has 1 saturated heterocycles. The molecule has 2 aromatic rings. The number of benzene rings is 2. The molecule has 0 saturated carbocycles. The first-order chi connectivity index (χ1) is 13.5. The summed E-state index contributed by atoms with van der Waals surface area (Å²) in [5.74, 6) is 1.67. The molecule has 1 fully saturated rings. The third-order valence-corrected chi connectivity index (χ3v) is 6.02. The standard InChI is InChI=1S/C22H23NO3S2/c1-15-6-4-7-19(16(15)2)26-13-5-12-25-18-10-8-17(9-11-18)14-20-21(24)23(3)22(27)28-20/h4,6-11,14H,5,12-13H2,1-3H3. The van der Waals surface area contributed by atoms with Gasteiger partial charge < -0.3 is 9.47 Å². The molecule has 0 N–H and O–H groups in total. The fraction of sp³-hybridized carbons (Fsp3) is 0.273. The molecule has 0 spiro atoms. The van der Waals surface area contributed by atoms with Crippen molar-refractivity contribution in [2.75, 3.05) is 20.3 Å².